The van der Waals surface area contributed by atoms with E-state index in [1.165, 1.54) is 0 Å². The molecule has 0 bridgehead atoms. The number of benzene rings is 2. The van der Waals surface area contributed by atoms with Gasteiger partial charge in [0, 0.05) is 34.0 Å². The Bertz CT molecular complexity index is 986. The Labute approximate surface area is 160 Å². The van der Waals surface area contributed by atoms with Gasteiger partial charge in [0.2, 0.25) is 0 Å². The molecule has 6 heteroatoms. The maximum atomic E-state index is 5.88. The highest BCUT2D eigenvalue weighted by molar-refractivity contribution is 7.14. The molecule has 0 amide bonds. The fraction of sp³-hybridized carbons (Fsp3) is 0. The van der Waals surface area contributed by atoms with Crippen molar-refractivity contribution in [1.82, 2.24) is 9.97 Å². The summed E-state index contributed by atoms with van der Waals surface area (Å²) in [5.41, 5.74) is 2.86. The summed E-state index contributed by atoms with van der Waals surface area (Å²) in [7, 11) is 0. The predicted octanol–water partition coefficient (Wildman–Crippen LogP) is 6.39. The van der Waals surface area contributed by atoms with E-state index in [9.17, 15) is 0 Å². The second kappa shape index (κ2) is 7.56. The molecule has 0 aliphatic carbocycles. The average Bonchev–Trinajstić information content (AvgIpc) is 3.14. The molecule has 2 heterocycles. The fourth-order valence-corrected chi connectivity index (χ4v) is 3.21. The lowest BCUT2D eigenvalue weighted by Gasteiger charge is -2.07. The maximum Gasteiger partial charge on any atom is 0.187 e. The topological polar surface area (TPSA) is 47.0 Å². The van der Waals surface area contributed by atoms with Gasteiger partial charge in [-0.15, -0.1) is 11.3 Å². The van der Waals surface area contributed by atoms with E-state index < -0.39 is 0 Å². The number of nitrogens with zero attached hydrogens (tertiary/aromatic N) is 2. The molecule has 4 nitrogen and oxygen atoms in total. The van der Waals surface area contributed by atoms with Crippen LogP contribution in [0.3, 0.4) is 0 Å². The molecule has 0 spiro atoms. The van der Waals surface area contributed by atoms with Crippen molar-refractivity contribution in [3.05, 3.63) is 83.5 Å². The summed E-state index contributed by atoms with van der Waals surface area (Å²) >= 11 is 7.43. The summed E-state index contributed by atoms with van der Waals surface area (Å²) in [6.45, 7) is 0. The molecule has 0 saturated carbocycles. The van der Waals surface area contributed by atoms with Gasteiger partial charge in [-0.3, -0.25) is 4.98 Å². The number of hydrogen-bond acceptors (Lipinski definition) is 5. The van der Waals surface area contributed by atoms with Crippen LogP contribution in [0.1, 0.15) is 0 Å². The van der Waals surface area contributed by atoms with Crippen LogP contribution in [0.15, 0.2) is 78.4 Å². The molecule has 2 aromatic heterocycles. The van der Waals surface area contributed by atoms with E-state index in [1.54, 1.807) is 29.7 Å². The normalized spacial score (nSPS) is 10.5. The smallest absolute Gasteiger partial charge is 0.187 e. The van der Waals surface area contributed by atoms with Crippen LogP contribution in [0.2, 0.25) is 5.02 Å². The third-order valence-corrected chi connectivity index (χ3v) is 4.63. The van der Waals surface area contributed by atoms with Gasteiger partial charge < -0.3 is 10.1 Å². The predicted molar refractivity (Wildman–Crippen MR) is 107 cm³/mol. The zero-order chi connectivity index (χ0) is 17.8. The highest BCUT2D eigenvalue weighted by Gasteiger charge is 2.05. The molecule has 128 valence electrons. The summed E-state index contributed by atoms with van der Waals surface area (Å²) in [5.74, 6) is 1.50. The number of halogens is 1. The first-order valence-corrected chi connectivity index (χ1v) is 9.18. The van der Waals surface area contributed by atoms with E-state index in [1.807, 2.05) is 60.1 Å². The largest absolute Gasteiger partial charge is 0.457 e. The van der Waals surface area contributed by atoms with Crippen molar-refractivity contribution in [2.45, 2.75) is 0 Å². The number of ether oxygens (including phenoxy) is 1. The molecule has 26 heavy (non-hydrogen) atoms. The van der Waals surface area contributed by atoms with Gasteiger partial charge in [-0.05, 0) is 60.7 Å². The number of nitrogens with one attached hydrogen (secondary N) is 1. The van der Waals surface area contributed by atoms with Crippen molar-refractivity contribution in [3.8, 4) is 22.8 Å². The third-order valence-electron chi connectivity index (χ3n) is 3.62. The van der Waals surface area contributed by atoms with Gasteiger partial charge in [-0.25, -0.2) is 4.98 Å². The van der Waals surface area contributed by atoms with Crippen molar-refractivity contribution >= 4 is 33.8 Å². The summed E-state index contributed by atoms with van der Waals surface area (Å²) < 4.78 is 5.79. The van der Waals surface area contributed by atoms with E-state index in [0.29, 0.717) is 5.02 Å². The quantitative estimate of drug-likeness (QED) is 0.436. The Kier molecular flexibility index (Phi) is 4.82. The van der Waals surface area contributed by atoms with Gasteiger partial charge >= 0.3 is 0 Å². The number of anilines is 2. The van der Waals surface area contributed by atoms with Gasteiger partial charge in [-0.1, -0.05) is 11.6 Å². The van der Waals surface area contributed by atoms with E-state index in [0.717, 1.165) is 33.6 Å². The first kappa shape index (κ1) is 16.6. The molecule has 0 radical (unpaired) electrons. The summed E-state index contributed by atoms with van der Waals surface area (Å²) in [5, 5.41) is 6.83. The van der Waals surface area contributed by atoms with Crippen LogP contribution in [0.5, 0.6) is 11.5 Å². The molecule has 0 aliphatic heterocycles. The molecule has 4 rings (SSSR count). The highest BCUT2D eigenvalue weighted by atomic mass is 35.5. The molecular weight excluding hydrogens is 366 g/mol. The van der Waals surface area contributed by atoms with Crippen molar-refractivity contribution in [3.63, 3.8) is 0 Å². The molecule has 4 aromatic rings. The minimum absolute atomic E-state index is 0.686. The van der Waals surface area contributed by atoms with Crippen LogP contribution >= 0.6 is 22.9 Å². The standard InChI is InChI=1S/C20H14ClN3OS/c21-15-3-7-17(8-4-15)25-18-9-5-16(6-10-18)23-20-24-19(13-26-20)14-2-1-11-22-12-14/h1-13H,(H,23,24). The molecule has 0 fully saturated rings. The van der Waals surface area contributed by atoms with Crippen molar-refractivity contribution in [1.29, 1.82) is 0 Å². The lowest BCUT2D eigenvalue weighted by molar-refractivity contribution is 0.483. The molecular formula is C20H14ClN3OS. The lowest BCUT2D eigenvalue weighted by atomic mass is 10.2. The molecule has 0 unspecified atom stereocenters. The fourth-order valence-electron chi connectivity index (χ4n) is 2.35. The van der Waals surface area contributed by atoms with Gasteiger partial charge in [0.1, 0.15) is 11.5 Å². The molecule has 0 aliphatic rings. The molecule has 2 aromatic carbocycles. The maximum absolute atomic E-state index is 5.88. The van der Waals surface area contributed by atoms with Crippen LogP contribution in [0.25, 0.3) is 11.3 Å². The zero-order valence-electron chi connectivity index (χ0n) is 13.6. The van der Waals surface area contributed by atoms with E-state index in [4.69, 9.17) is 16.3 Å². The Morgan fingerprint density at radius 2 is 1.65 bits per heavy atom. The van der Waals surface area contributed by atoms with Crippen molar-refractivity contribution < 1.29 is 4.74 Å². The van der Waals surface area contributed by atoms with Gasteiger partial charge in [-0.2, -0.15) is 0 Å². The molecule has 1 N–H and O–H groups in total. The first-order chi connectivity index (χ1) is 12.8. The van der Waals surface area contributed by atoms with Gasteiger partial charge in [0.15, 0.2) is 5.13 Å². The molecule has 0 atom stereocenters. The number of rotatable bonds is 5. The Balaban J connectivity index is 1.43. The minimum Gasteiger partial charge on any atom is -0.457 e. The van der Waals surface area contributed by atoms with Gasteiger partial charge in [0.05, 0.1) is 5.69 Å². The van der Waals surface area contributed by atoms with E-state index in [2.05, 4.69) is 15.3 Å². The summed E-state index contributed by atoms with van der Waals surface area (Å²) in [6, 6.07) is 18.9. The Hall–Kier alpha value is -2.89. The SMILES string of the molecule is Clc1ccc(Oc2ccc(Nc3nc(-c4cccnc4)cs3)cc2)cc1. The highest BCUT2D eigenvalue weighted by Crippen LogP contribution is 2.28. The Morgan fingerprint density at radius 1 is 0.923 bits per heavy atom. The lowest BCUT2D eigenvalue weighted by Crippen LogP contribution is -1.90. The van der Waals surface area contributed by atoms with Crippen LogP contribution in [-0.2, 0) is 0 Å². The monoisotopic (exact) mass is 379 g/mol. The van der Waals surface area contributed by atoms with E-state index >= 15 is 0 Å². The zero-order valence-corrected chi connectivity index (χ0v) is 15.2. The number of hydrogen-bond donors (Lipinski definition) is 1. The van der Waals surface area contributed by atoms with Crippen LogP contribution < -0.4 is 10.1 Å². The van der Waals surface area contributed by atoms with Crippen LogP contribution in [-0.4, -0.2) is 9.97 Å². The summed E-state index contributed by atoms with van der Waals surface area (Å²) in [6.07, 6.45) is 3.56. The minimum atomic E-state index is 0.686. The van der Waals surface area contributed by atoms with E-state index in [-0.39, 0.29) is 0 Å². The third kappa shape index (κ3) is 4.02. The summed E-state index contributed by atoms with van der Waals surface area (Å²) in [4.78, 5) is 8.72. The second-order valence-electron chi connectivity index (χ2n) is 5.48. The Morgan fingerprint density at radius 3 is 2.35 bits per heavy atom. The number of aromatic nitrogens is 2. The average molecular weight is 380 g/mol. The van der Waals surface area contributed by atoms with Crippen molar-refractivity contribution in [2.24, 2.45) is 0 Å². The first-order valence-electron chi connectivity index (χ1n) is 7.93. The van der Waals surface area contributed by atoms with Crippen molar-refractivity contribution in [2.75, 3.05) is 5.32 Å². The number of pyridine rings is 1. The number of thiazole rings is 1. The van der Waals surface area contributed by atoms with Crippen LogP contribution in [0.4, 0.5) is 10.8 Å². The van der Waals surface area contributed by atoms with Crippen LogP contribution in [0, 0.1) is 0 Å². The molecule has 0 saturated heterocycles. The van der Waals surface area contributed by atoms with Gasteiger partial charge in [0.25, 0.3) is 0 Å². The second-order valence-corrected chi connectivity index (χ2v) is 6.78.